The molecule has 1 aliphatic heterocycles. The molecule has 6 rings (SSSR count). The molecule has 1 aliphatic carbocycles. The van der Waals surface area contributed by atoms with Gasteiger partial charge in [0.25, 0.3) is 0 Å². The highest BCUT2D eigenvalue weighted by atomic mass is 16.5. The third-order valence-electron chi connectivity index (χ3n) is 7.53. The summed E-state index contributed by atoms with van der Waals surface area (Å²) in [4.78, 5) is 29.6. The van der Waals surface area contributed by atoms with Crippen LogP contribution in [-0.2, 0) is 17.9 Å². The number of aromatic amines is 1. The predicted octanol–water partition coefficient (Wildman–Crippen LogP) is 4.67. The van der Waals surface area contributed by atoms with Gasteiger partial charge in [0.05, 0.1) is 18.3 Å². The summed E-state index contributed by atoms with van der Waals surface area (Å²) >= 11 is 0. The molecule has 1 saturated heterocycles. The largest absolute Gasteiger partial charge is 0.490 e. The minimum Gasteiger partial charge on any atom is -0.490 e. The molecule has 0 radical (unpaired) electrons. The molecule has 0 atom stereocenters. The van der Waals surface area contributed by atoms with Gasteiger partial charge in [-0.3, -0.25) is 14.4 Å². The van der Waals surface area contributed by atoms with Crippen LogP contribution in [0.4, 0.5) is 11.8 Å². The first-order valence-electron chi connectivity index (χ1n) is 14.4. The van der Waals surface area contributed by atoms with Crippen molar-refractivity contribution in [2.75, 3.05) is 38.1 Å². The first-order valence-corrected chi connectivity index (χ1v) is 14.4. The van der Waals surface area contributed by atoms with Gasteiger partial charge in [0.2, 0.25) is 11.9 Å². The number of pyridine rings is 1. The third kappa shape index (κ3) is 5.82. The number of nitrogens with zero attached hydrogens (tertiary/aromatic N) is 6. The van der Waals surface area contributed by atoms with E-state index in [1.54, 1.807) is 0 Å². The van der Waals surface area contributed by atoms with Crippen molar-refractivity contribution in [3.8, 4) is 16.9 Å². The maximum absolute atomic E-state index is 12.4. The average Bonchev–Trinajstić information content (AvgIpc) is 3.55. The normalized spacial score (nSPS) is 16.1. The van der Waals surface area contributed by atoms with Crippen molar-refractivity contribution >= 4 is 28.7 Å². The van der Waals surface area contributed by atoms with E-state index in [4.69, 9.17) is 9.72 Å². The van der Waals surface area contributed by atoms with Crippen LogP contribution in [0.25, 0.3) is 22.2 Å². The highest BCUT2D eigenvalue weighted by molar-refractivity contribution is 5.92. The second-order valence-corrected chi connectivity index (χ2v) is 11.3. The van der Waals surface area contributed by atoms with Gasteiger partial charge in [-0.15, -0.1) is 0 Å². The summed E-state index contributed by atoms with van der Waals surface area (Å²) in [6.07, 6.45) is 7.87. The van der Waals surface area contributed by atoms with Crippen LogP contribution in [0.15, 0.2) is 42.9 Å². The molecule has 2 aliphatic rings. The van der Waals surface area contributed by atoms with Crippen LogP contribution in [0.3, 0.4) is 0 Å². The minimum absolute atomic E-state index is 0.295. The van der Waals surface area contributed by atoms with Gasteiger partial charge in [-0.2, -0.15) is 5.10 Å². The number of aromatic nitrogens is 5. The van der Waals surface area contributed by atoms with Crippen molar-refractivity contribution in [1.29, 1.82) is 0 Å². The van der Waals surface area contributed by atoms with Gasteiger partial charge in [0.15, 0.2) is 5.75 Å². The maximum atomic E-state index is 12.4. The number of ether oxygens (including phenoxy) is 1. The van der Waals surface area contributed by atoms with Crippen LogP contribution in [0.5, 0.6) is 5.75 Å². The third-order valence-corrected chi connectivity index (χ3v) is 7.53. The van der Waals surface area contributed by atoms with Crippen LogP contribution >= 0.6 is 0 Å². The molecule has 2 N–H and O–H groups in total. The number of rotatable bonds is 10. The zero-order chi connectivity index (χ0) is 27.6. The number of nitrogens with one attached hydrogen (secondary N) is 2. The predicted molar refractivity (Wildman–Crippen MR) is 155 cm³/mol. The fourth-order valence-corrected chi connectivity index (χ4v) is 5.15. The topological polar surface area (TPSA) is 104 Å². The molecule has 4 heterocycles. The molecule has 3 aromatic heterocycles. The molecule has 1 aromatic carbocycles. The number of hydrogen-bond donors (Lipinski definition) is 2. The zero-order valence-corrected chi connectivity index (χ0v) is 23.6. The number of anilines is 2. The van der Waals surface area contributed by atoms with E-state index in [1.165, 1.54) is 5.56 Å². The fourth-order valence-electron chi connectivity index (χ4n) is 5.15. The van der Waals surface area contributed by atoms with E-state index in [-0.39, 0.29) is 0 Å². The standard InChI is InChI=1S/C30H38N8O2/c1-4-38-18-23(16-32-38)24-7-8-25-27(28(24)40-19-20(2)3)35-30(33-25)34-26-15-21(9-10-31-26)17-36-11-13-37(14-12-36)29(39)22-5-6-22/h7-10,15-16,18,20,22H,4-6,11-14,17,19H2,1-3H3,(H2,31,33,34,35). The van der Waals surface area contributed by atoms with Crippen LogP contribution in [0, 0.1) is 11.8 Å². The number of carbonyl (C=O) groups is 1. The van der Waals surface area contributed by atoms with Crippen molar-refractivity contribution in [3.05, 3.63) is 48.4 Å². The molecular formula is C30H38N8O2. The van der Waals surface area contributed by atoms with Crippen molar-refractivity contribution in [2.45, 2.75) is 46.7 Å². The summed E-state index contributed by atoms with van der Waals surface area (Å²) in [5.41, 5.74) is 4.84. The second-order valence-electron chi connectivity index (χ2n) is 11.3. The van der Waals surface area contributed by atoms with E-state index in [2.05, 4.69) is 58.2 Å². The first-order chi connectivity index (χ1) is 19.5. The van der Waals surface area contributed by atoms with Gasteiger partial charge in [0.1, 0.15) is 11.3 Å². The van der Waals surface area contributed by atoms with Gasteiger partial charge in [-0.25, -0.2) is 9.97 Å². The zero-order valence-electron chi connectivity index (χ0n) is 23.6. The summed E-state index contributed by atoms with van der Waals surface area (Å²) in [6, 6.07) is 8.17. The van der Waals surface area contributed by atoms with Crippen LogP contribution in [0.2, 0.25) is 0 Å². The SMILES string of the molecule is CCn1cc(-c2ccc3nc(Nc4cc(CN5CCN(C(=O)C6CC6)CC5)ccn4)[nH]c3c2OCC(C)C)cn1. The van der Waals surface area contributed by atoms with Gasteiger partial charge < -0.3 is 19.9 Å². The summed E-state index contributed by atoms with van der Waals surface area (Å²) in [7, 11) is 0. The quantitative estimate of drug-likeness (QED) is 0.300. The number of aryl methyl sites for hydroxylation is 1. The smallest absolute Gasteiger partial charge is 0.225 e. The van der Waals surface area contributed by atoms with E-state index < -0.39 is 0 Å². The van der Waals surface area contributed by atoms with Gasteiger partial charge in [0, 0.05) is 68.7 Å². The molecule has 2 fully saturated rings. The van der Waals surface area contributed by atoms with Crippen molar-refractivity contribution < 1.29 is 9.53 Å². The Labute approximate surface area is 234 Å². The lowest BCUT2D eigenvalue weighted by molar-refractivity contribution is -0.134. The Kier molecular flexibility index (Phi) is 7.42. The number of hydrogen-bond acceptors (Lipinski definition) is 7. The van der Waals surface area contributed by atoms with Gasteiger partial charge in [-0.1, -0.05) is 13.8 Å². The molecular weight excluding hydrogens is 504 g/mol. The molecule has 1 amide bonds. The monoisotopic (exact) mass is 542 g/mol. The van der Waals surface area contributed by atoms with E-state index in [0.717, 1.165) is 85.8 Å². The number of piperazine rings is 1. The molecule has 210 valence electrons. The van der Waals surface area contributed by atoms with E-state index in [1.807, 2.05) is 40.3 Å². The van der Waals surface area contributed by atoms with Crippen molar-refractivity contribution in [2.24, 2.45) is 11.8 Å². The molecule has 40 heavy (non-hydrogen) atoms. The Hall–Kier alpha value is -3.92. The Morgan fingerprint density at radius 3 is 2.73 bits per heavy atom. The molecule has 0 unspecified atom stereocenters. The molecule has 1 saturated carbocycles. The number of benzene rings is 1. The van der Waals surface area contributed by atoms with Crippen molar-refractivity contribution in [3.63, 3.8) is 0 Å². The van der Waals surface area contributed by atoms with Crippen molar-refractivity contribution in [1.82, 2.24) is 34.5 Å². The van der Waals surface area contributed by atoms with E-state index in [9.17, 15) is 4.79 Å². The number of imidazole rings is 1. The van der Waals surface area contributed by atoms with Crippen LogP contribution in [-0.4, -0.2) is 73.2 Å². The van der Waals surface area contributed by atoms with E-state index >= 15 is 0 Å². The summed E-state index contributed by atoms with van der Waals surface area (Å²) in [5, 5.41) is 7.81. The van der Waals surface area contributed by atoms with Crippen LogP contribution in [0.1, 0.15) is 39.2 Å². The van der Waals surface area contributed by atoms with Gasteiger partial charge in [-0.05, 0) is 55.5 Å². The fraction of sp³-hybridized carbons (Fsp3) is 0.467. The Morgan fingerprint density at radius 2 is 2.00 bits per heavy atom. The minimum atomic E-state index is 0.295. The van der Waals surface area contributed by atoms with Gasteiger partial charge >= 0.3 is 0 Å². The Balaban J connectivity index is 1.18. The molecule has 0 bridgehead atoms. The number of H-pyrrole nitrogens is 1. The molecule has 10 heteroatoms. The Bertz CT molecular complexity index is 1480. The molecule has 10 nitrogen and oxygen atoms in total. The Morgan fingerprint density at radius 1 is 1.18 bits per heavy atom. The first kappa shape index (κ1) is 26.3. The maximum Gasteiger partial charge on any atom is 0.225 e. The number of fused-ring (bicyclic) bond motifs is 1. The number of carbonyl (C=O) groups excluding carboxylic acids is 1. The molecule has 0 spiro atoms. The summed E-state index contributed by atoms with van der Waals surface area (Å²) in [6.45, 7) is 12.0. The highest BCUT2D eigenvalue weighted by Crippen LogP contribution is 2.37. The van der Waals surface area contributed by atoms with E-state index in [0.29, 0.717) is 30.3 Å². The number of amides is 1. The second kappa shape index (κ2) is 11.3. The van der Waals surface area contributed by atoms with Crippen LogP contribution < -0.4 is 10.1 Å². The summed E-state index contributed by atoms with van der Waals surface area (Å²) < 4.78 is 8.25. The highest BCUT2D eigenvalue weighted by Gasteiger charge is 2.34. The lowest BCUT2D eigenvalue weighted by Gasteiger charge is -2.34. The summed E-state index contributed by atoms with van der Waals surface area (Å²) in [5.74, 6) is 3.15. The average molecular weight is 543 g/mol. The molecule has 4 aromatic rings. The lowest BCUT2D eigenvalue weighted by atomic mass is 10.1. The lowest BCUT2D eigenvalue weighted by Crippen LogP contribution is -2.48.